The molecule has 9 nitrogen and oxygen atoms in total. The summed E-state index contributed by atoms with van der Waals surface area (Å²) in [6, 6.07) is 23.8. The van der Waals surface area contributed by atoms with Crippen LogP contribution in [0.5, 0.6) is 0 Å². The van der Waals surface area contributed by atoms with Crippen LogP contribution in [0.4, 0.5) is 13.2 Å². The van der Waals surface area contributed by atoms with Gasteiger partial charge < -0.3 is 21.6 Å². The van der Waals surface area contributed by atoms with Crippen LogP contribution in [0.25, 0.3) is 11.1 Å². The molecule has 0 saturated carbocycles. The third kappa shape index (κ3) is 9.50. The Hall–Kier alpha value is -5.18. The molecule has 0 heterocycles. The van der Waals surface area contributed by atoms with Crippen molar-refractivity contribution >= 4 is 24.0 Å². The number of carbonyl (C=O) groups excluding carboxylic acids is 2. The average molecular weight is 568 g/mol. The molecule has 12 heteroatoms. The van der Waals surface area contributed by atoms with Gasteiger partial charge in [-0.1, -0.05) is 73.7 Å². The van der Waals surface area contributed by atoms with Gasteiger partial charge in [-0.05, 0) is 33.9 Å². The fraction of sp³-hybridized carbons (Fsp3) is 0.207. The Labute approximate surface area is 234 Å². The fourth-order valence-electron chi connectivity index (χ4n) is 3.87. The van der Waals surface area contributed by atoms with Gasteiger partial charge in [-0.25, -0.2) is 4.79 Å². The second-order valence-electron chi connectivity index (χ2n) is 8.68. The largest absolute Gasteiger partial charge is 0.490 e. The Morgan fingerprint density at radius 2 is 1.68 bits per heavy atom. The third-order valence-corrected chi connectivity index (χ3v) is 5.84. The molecule has 0 radical (unpaired) electrons. The first-order valence-electron chi connectivity index (χ1n) is 12.2. The van der Waals surface area contributed by atoms with Crippen molar-refractivity contribution in [2.45, 2.75) is 38.5 Å². The highest BCUT2D eigenvalue weighted by Crippen LogP contribution is 2.24. The van der Waals surface area contributed by atoms with Crippen molar-refractivity contribution in [3.05, 3.63) is 95.1 Å². The van der Waals surface area contributed by atoms with Gasteiger partial charge in [-0.3, -0.25) is 9.59 Å². The Bertz CT molecular complexity index is 1430. The van der Waals surface area contributed by atoms with E-state index in [1.807, 2.05) is 66.7 Å². The topological polar surface area (TPSA) is 163 Å². The predicted octanol–water partition coefficient (Wildman–Crippen LogP) is 3.99. The maximum Gasteiger partial charge on any atom is 0.490 e. The van der Waals surface area contributed by atoms with Crippen molar-refractivity contribution in [3.8, 4) is 17.2 Å². The summed E-state index contributed by atoms with van der Waals surface area (Å²) in [7, 11) is 0. The summed E-state index contributed by atoms with van der Waals surface area (Å²) in [5, 5.41) is 20.0. The second kappa shape index (κ2) is 14.8. The van der Waals surface area contributed by atoms with E-state index in [4.69, 9.17) is 21.5 Å². The number of primary amides is 1. The molecule has 5 N–H and O–H groups in total. The Morgan fingerprint density at radius 3 is 2.22 bits per heavy atom. The molecule has 214 valence electrons. The van der Waals surface area contributed by atoms with Gasteiger partial charge in [-0.15, -0.1) is 0 Å². The number of nitrogens with two attached hydrogens (primary N) is 2. The Balaban J connectivity index is 0.000000745. The summed E-state index contributed by atoms with van der Waals surface area (Å²) in [6.45, 7) is 2.00. The van der Waals surface area contributed by atoms with Crippen LogP contribution in [0, 0.1) is 11.3 Å². The van der Waals surface area contributed by atoms with E-state index in [2.05, 4.69) is 11.2 Å². The number of halogens is 3. The number of alkyl halides is 3. The highest BCUT2D eigenvalue weighted by molar-refractivity contribution is 5.87. The lowest BCUT2D eigenvalue weighted by Crippen LogP contribution is -2.48. The number of carboxylic acid groups (broad SMARTS) is 1. The van der Waals surface area contributed by atoms with Gasteiger partial charge in [-0.2, -0.15) is 23.5 Å². The summed E-state index contributed by atoms with van der Waals surface area (Å²) in [6.07, 6.45) is -3.04. The molecule has 0 saturated heterocycles. The number of hydrazone groups is 1. The van der Waals surface area contributed by atoms with Crippen LogP contribution in [0.15, 0.2) is 77.9 Å². The lowest BCUT2D eigenvalue weighted by atomic mass is 9.98. The van der Waals surface area contributed by atoms with Gasteiger partial charge in [0.1, 0.15) is 6.04 Å². The zero-order valence-corrected chi connectivity index (χ0v) is 22.0. The summed E-state index contributed by atoms with van der Waals surface area (Å²) in [4.78, 5) is 35.7. The molecule has 0 aliphatic carbocycles. The molecule has 3 rings (SSSR count). The number of nitrogens with zero attached hydrogens (tertiary/aromatic N) is 3. The fourth-order valence-corrected chi connectivity index (χ4v) is 3.87. The SMILES string of the molecule is CCC(=O)N(Cc1ccc(-c2ccccc2C#N)cc1)C(Cc1cccc(/C=N\N)c1)C(N)=O.O=C(O)C(F)(F)F. The highest BCUT2D eigenvalue weighted by atomic mass is 19.4. The number of carbonyl (C=O) groups is 3. The first-order chi connectivity index (χ1) is 19.4. The molecule has 0 aliphatic rings. The lowest BCUT2D eigenvalue weighted by Gasteiger charge is -2.30. The zero-order valence-electron chi connectivity index (χ0n) is 22.0. The minimum absolute atomic E-state index is 0.164. The molecule has 41 heavy (non-hydrogen) atoms. The minimum atomic E-state index is -5.08. The maximum absolute atomic E-state index is 12.8. The number of aliphatic carboxylic acids is 1. The number of benzene rings is 3. The molecule has 3 aromatic carbocycles. The van der Waals surface area contributed by atoms with Crippen molar-refractivity contribution in [2.75, 3.05) is 0 Å². The number of amides is 2. The minimum Gasteiger partial charge on any atom is -0.475 e. The van der Waals surface area contributed by atoms with Crippen LogP contribution in [0.2, 0.25) is 0 Å². The van der Waals surface area contributed by atoms with E-state index >= 15 is 0 Å². The number of hydrogen-bond acceptors (Lipinski definition) is 6. The molecule has 0 bridgehead atoms. The van der Waals surface area contributed by atoms with Gasteiger partial charge in [0.25, 0.3) is 0 Å². The first kappa shape index (κ1) is 32.0. The molecule has 0 aromatic heterocycles. The molecule has 3 aromatic rings. The number of hydrogen-bond donors (Lipinski definition) is 3. The number of nitriles is 1. The van der Waals surface area contributed by atoms with E-state index in [1.54, 1.807) is 13.0 Å². The highest BCUT2D eigenvalue weighted by Gasteiger charge is 2.38. The number of rotatable bonds is 9. The molecule has 0 aliphatic heterocycles. The van der Waals surface area contributed by atoms with Gasteiger partial charge in [0.05, 0.1) is 17.8 Å². The van der Waals surface area contributed by atoms with Crippen LogP contribution < -0.4 is 11.6 Å². The van der Waals surface area contributed by atoms with Crippen molar-refractivity contribution in [2.24, 2.45) is 16.7 Å². The molecule has 1 unspecified atom stereocenters. The van der Waals surface area contributed by atoms with Gasteiger partial charge in [0, 0.05) is 19.4 Å². The molecule has 0 spiro atoms. The van der Waals surface area contributed by atoms with E-state index in [0.29, 0.717) is 5.56 Å². The summed E-state index contributed by atoms with van der Waals surface area (Å²) < 4.78 is 31.7. The molecular weight excluding hydrogens is 539 g/mol. The van der Waals surface area contributed by atoms with Crippen molar-refractivity contribution in [3.63, 3.8) is 0 Å². The summed E-state index contributed by atoms with van der Waals surface area (Å²) >= 11 is 0. The van der Waals surface area contributed by atoms with Crippen LogP contribution in [0.3, 0.4) is 0 Å². The lowest BCUT2D eigenvalue weighted by molar-refractivity contribution is -0.192. The number of carboxylic acids is 1. The third-order valence-electron chi connectivity index (χ3n) is 5.84. The van der Waals surface area contributed by atoms with Crippen LogP contribution >= 0.6 is 0 Å². The zero-order chi connectivity index (χ0) is 30.6. The summed E-state index contributed by atoms with van der Waals surface area (Å²) in [5.41, 5.74) is 10.6. The van der Waals surface area contributed by atoms with Crippen molar-refractivity contribution in [1.82, 2.24) is 4.90 Å². The summed E-state index contributed by atoms with van der Waals surface area (Å²) in [5.74, 6) is 1.75. The maximum atomic E-state index is 12.8. The predicted molar refractivity (Wildman–Crippen MR) is 146 cm³/mol. The van der Waals surface area contributed by atoms with Crippen molar-refractivity contribution in [1.29, 1.82) is 5.26 Å². The van der Waals surface area contributed by atoms with Crippen LogP contribution in [-0.2, 0) is 27.3 Å². The standard InChI is InChI=1S/C27H27N5O2.C2HF3O2/c1-2-26(33)32(25(27(29)34)15-20-6-5-7-21(14-20)17-31-30)18-19-10-12-22(13-11-19)24-9-4-3-8-23(24)16-28;3-2(4,5)1(6)7/h3-14,17,25H,2,15,18,30H2,1H3,(H2,29,34);(H,6,7)/b31-17-;. The van der Waals surface area contributed by atoms with E-state index < -0.39 is 24.1 Å². The Kier molecular flexibility index (Phi) is 11.6. The smallest absolute Gasteiger partial charge is 0.475 e. The molecular formula is C29H28F3N5O4. The van der Waals surface area contributed by atoms with Gasteiger partial charge >= 0.3 is 12.1 Å². The monoisotopic (exact) mass is 567 g/mol. The first-order valence-corrected chi connectivity index (χ1v) is 12.2. The van der Waals surface area contributed by atoms with E-state index in [9.17, 15) is 28.0 Å². The Morgan fingerprint density at radius 1 is 1.05 bits per heavy atom. The van der Waals surface area contributed by atoms with Gasteiger partial charge in [0.15, 0.2) is 0 Å². The van der Waals surface area contributed by atoms with E-state index in [-0.39, 0.29) is 25.3 Å². The second-order valence-corrected chi connectivity index (χ2v) is 8.68. The van der Waals surface area contributed by atoms with Crippen LogP contribution in [0.1, 0.15) is 35.6 Å². The average Bonchev–Trinajstić information content (AvgIpc) is 2.95. The van der Waals surface area contributed by atoms with E-state index in [1.165, 1.54) is 11.1 Å². The normalized spacial score (nSPS) is 11.6. The molecule has 0 fully saturated rings. The van der Waals surface area contributed by atoms with Gasteiger partial charge in [0.2, 0.25) is 11.8 Å². The van der Waals surface area contributed by atoms with E-state index in [0.717, 1.165) is 27.8 Å². The molecule has 1 atom stereocenters. The van der Waals surface area contributed by atoms with Crippen LogP contribution in [-0.4, -0.2) is 46.2 Å². The quantitative estimate of drug-likeness (QED) is 0.201. The van der Waals surface area contributed by atoms with Crippen molar-refractivity contribution < 1.29 is 32.7 Å². The molecule has 2 amide bonds.